The highest BCUT2D eigenvalue weighted by Gasteiger charge is 2.43. The zero-order valence-electron chi connectivity index (χ0n) is 41.0. The average Bonchev–Trinajstić information content (AvgIpc) is 4.01. The lowest BCUT2D eigenvalue weighted by molar-refractivity contribution is 0.587. The van der Waals surface area contributed by atoms with Crippen molar-refractivity contribution < 1.29 is 4.42 Å². The third-order valence-corrected chi connectivity index (χ3v) is 16.6. The molecule has 0 saturated carbocycles. The molecule has 0 atom stereocenters. The van der Waals surface area contributed by atoms with Gasteiger partial charge >= 0.3 is 0 Å². The van der Waals surface area contributed by atoms with Crippen molar-refractivity contribution >= 4 is 105 Å². The molecule has 1 N–H and O–H groups in total. The molecule has 3 nitrogen and oxygen atoms in total. The van der Waals surface area contributed by atoms with Gasteiger partial charge in [-0.15, -0.1) is 11.3 Å². The van der Waals surface area contributed by atoms with E-state index in [1.807, 2.05) is 11.3 Å². The average molecular weight is 900 g/mol. The van der Waals surface area contributed by atoms with Gasteiger partial charge in [0.25, 0.3) is 0 Å². The first-order valence-electron chi connectivity index (χ1n) is 24.3. The summed E-state index contributed by atoms with van der Waals surface area (Å²) in [4.78, 5) is 0. The van der Waals surface area contributed by atoms with Gasteiger partial charge in [-0.05, 0) is 120 Å². The minimum Gasteiger partial charge on any atom is -0.456 e. The number of aromatic nitrogens is 1. The SMILES string of the molecule is CC(C)(C)c1ccc(Nc2cc3oc4cc(C(C)(C)C)ccc4c3cc2-c2c3c(c4c5cc(C(C)(C)C)ccc5n5c4c2[B]c2cc4c(cc2-5)sc2ccccc24)C(C)(C)c2ccccc2-3)cc1. The maximum absolute atomic E-state index is 6.90. The summed E-state index contributed by atoms with van der Waals surface area (Å²) in [5.74, 6) is 0. The van der Waals surface area contributed by atoms with Crippen LogP contribution >= 0.6 is 11.3 Å². The quantitative estimate of drug-likeness (QED) is 0.179. The van der Waals surface area contributed by atoms with Crippen molar-refractivity contribution in [2.75, 3.05) is 5.32 Å². The van der Waals surface area contributed by atoms with Crippen molar-refractivity contribution in [3.8, 4) is 27.9 Å². The van der Waals surface area contributed by atoms with Crippen LogP contribution in [-0.4, -0.2) is 11.8 Å². The third-order valence-electron chi connectivity index (χ3n) is 15.4. The van der Waals surface area contributed by atoms with Crippen molar-refractivity contribution in [2.45, 2.75) is 97.8 Å². The second-order valence-electron chi connectivity index (χ2n) is 23.3. The van der Waals surface area contributed by atoms with Crippen LogP contribution in [0.4, 0.5) is 11.4 Å². The smallest absolute Gasteiger partial charge is 0.197 e. The fourth-order valence-corrected chi connectivity index (χ4v) is 12.9. The van der Waals surface area contributed by atoms with Gasteiger partial charge in [0.05, 0.1) is 11.2 Å². The summed E-state index contributed by atoms with van der Waals surface area (Å²) in [7, 11) is 2.53. The zero-order valence-corrected chi connectivity index (χ0v) is 41.9. The first-order chi connectivity index (χ1) is 32.3. The van der Waals surface area contributed by atoms with Crippen molar-refractivity contribution in [3.63, 3.8) is 0 Å². The molecule has 0 unspecified atom stereocenters. The van der Waals surface area contributed by atoms with E-state index in [-0.39, 0.29) is 21.7 Å². The van der Waals surface area contributed by atoms with Crippen molar-refractivity contribution in [2.24, 2.45) is 0 Å². The predicted molar refractivity (Wildman–Crippen MR) is 295 cm³/mol. The Morgan fingerprint density at radius 1 is 0.559 bits per heavy atom. The molecule has 3 aromatic heterocycles. The summed E-state index contributed by atoms with van der Waals surface area (Å²) >= 11 is 1.90. The summed E-state index contributed by atoms with van der Waals surface area (Å²) in [6, 6.07) is 50.9. The van der Waals surface area contributed by atoms with E-state index in [4.69, 9.17) is 4.42 Å². The van der Waals surface area contributed by atoms with Crippen LogP contribution in [0.1, 0.15) is 104 Å². The standard InChI is InChI=1S/C63H56BN2OS/c1-60(2,3)34-20-24-37(25-21-34)65-47-32-51-41(38-26-22-36(62(7,8)9)29-50(38)67-51)30-43(47)55-54-40-17-12-14-18-45(40)63(10,11)57(54)56-44-28-35(61(4,5)6)23-27-48(44)66-49-33-53-42(31-46(49)64-58(55)59(56)66)39-16-13-15-19-52(39)68-53/h12-33,65H,1-11H3. The maximum atomic E-state index is 6.90. The molecule has 1 aliphatic heterocycles. The Labute approximate surface area is 404 Å². The molecule has 0 spiro atoms. The number of fused-ring (bicyclic) bond motifs is 15. The molecular formula is C63H56BN2OS. The van der Waals surface area contributed by atoms with Crippen LogP contribution in [0.25, 0.3) is 91.9 Å². The molecule has 333 valence electrons. The largest absolute Gasteiger partial charge is 0.456 e. The molecule has 1 radical (unpaired) electrons. The number of thiophene rings is 1. The number of anilines is 2. The highest BCUT2D eigenvalue weighted by molar-refractivity contribution is 7.25. The first kappa shape index (κ1) is 41.6. The molecular weight excluding hydrogens is 844 g/mol. The second-order valence-corrected chi connectivity index (χ2v) is 24.4. The molecule has 8 aromatic carbocycles. The number of hydrogen-bond acceptors (Lipinski definition) is 3. The van der Waals surface area contributed by atoms with E-state index in [0.717, 1.165) is 38.9 Å². The normalized spacial score (nSPS) is 14.3. The van der Waals surface area contributed by atoms with Crippen LogP contribution in [0.2, 0.25) is 0 Å². The van der Waals surface area contributed by atoms with Crippen molar-refractivity contribution in [3.05, 3.63) is 161 Å². The number of nitrogens with one attached hydrogen (secondary N) is 1. The monoisotopic (exact) mass is 899 g/mol. The van der Waals surface area contributed by atoms with Gasteiger partial charge in [0.15, 0.2) is 7.28 Å². The number of furan rings is 1. The van der Waals surface area contributed by atoms with Gasteiger partial charge < -0.3 is 14.3 Å². The minimum absolute atomic E-state index is 0.0117. The van der Waals surface area contributed by atoms with E-state index < -0.39 is 0 Å². The molecule has 0 fully saturated rings. The number of nitrogens with zero attached hydrogens (tertiary/aromatic N) is 1. The highest BCUT2D eigenvalue weighted by atomic mass is 32.1. The van der Waals surface area contributed by atoms with Crippen molar-refractivity contribution in [1.82, 2.24) is 4.57 Å². The van der Waals surface area contributed by atoms with E-state index in [2.05, 4.69) is 227 Å². The molecule has 13 rings (SSSR count). The van der Waals surface area contributed by atoms with Gasteiger partial charge in [-0.1, -0.05) is 160 Å². The van der Waals surface area contributed by atoms with Crippen LogP contribution in [0.5, 0.6) is 0 Å². The van der Waals surface area contributed by atoms with E-state index in [0.29, 0.717) is 0 Å². The highest BCUT2D eigenvalue weighted by Crippen LogP contribution is 2.58. The fraction of sp³-hybridized carbons (Fsp3) is 0.238. The Balaban J connectivity index is 1.20. The molecule has 11 aromatic rings. The Morgan fingerprint density at radius 3 is 2.00 bits per heavy atom. The van der Waals surface area contributed by atoms with E-state index >= 15 is 0 Å². The molecule has 0 amide bonds. The van der Waals surface area contributed by atoms with Crippen LogP contribution in [0.3, 0.4) is 0 Å². The summed E-state index contributed by atoms with van der Waals surface area (Å²) in [6.07, 6.45) is 0. The zero-order chi connectivity index (χ0) is 47.0. The van der Waals surface area contributed by atoms with Gasteiger partial charge in [-0.25, -0.2) is 0 Å². The minimum atomic E-state index is -0.294. The van der Waals surface area contributed by atoms with E-state index in [1.54, 1.807) is 0 Å². The number of benzene rings is 8. The summed E-state index contributed by atoms with van der Waals surface area (Å²) in [5.41, 5.74) is 21.5. The lowest BCUT2D eigenvalue weighted by atomic mass is 9.57. The summed E-state index contributed by atoms with van der Waals surface area (Å²) in [6.45, 7) is 25.6. The van der Waals surface area contributed by atoms with Gasteiger partial charge in [-0.2, -0.15) is 0 Å². The summed E-state index contributed by atoms with van der Waals surface area (Å²) in [5, 5.41) is 11.6. The molecule has 5 heteroatoms. The number of hydrogen-bond donors (Lipinski definition) is 1. The first-order valence-corrected chi connectivity index (χ1v) is 25.1. The Bertz CT molecular complexity index is 3990. The van der Waals surface area contributed by atoms with E-state index in [9.17, 15) is 0 Å². The molecule has 0 saturated heterocycles. The third kappa shape index (κ3) is 5.90. The topological polar surface area (TPSA) is 30.1 Å². The van der Waals surface area contributed by atoms with Crippen LogP contribution < -0.4 is 16.2 Å². The molecule has 68 heavy (non-hydrogen) atoms. The van der Waals surface area contributed by atoms with Gasteiger partial charge in [0.1, 0.15) is 11.2 Å². The maximum Gasteiger partial charge on any atom is 0.197 e. The lowest BCUT2D eigenvalue weighted by Gasteiger charge is -2.29. The van der Waals surface area contributed by atoms with Gasteiger partial charge in [-0.3, -0.25) is 0 Å². The van der Waals surface area contributed by atoms with Crippen LogP contribution in [0.15, 0.2) is 138 Å². The Kier molecular flexibility index (Phi) is 8.44. The number of rotatable bonds is 3. The lowest BCUT2D eigenvalue weighted by Crippen LogP contribution is -2.38. The molecule has 0 bridgehead atoms. The second kappa shape index (κ2) is 13.8. The van der Waals surface area contributed by atoms with Gasteiger partial charge in [0.2, 0.25) is 0 Å². The Hall–Kier alpha value is -6.56. The van der Waals surface area contributed by atoms with E-state index in [1.165, 1.54) is 103 Å². The van der Waals surface area contributed by atoms with Gasteiger partial charge in [0, 0.05) is 70.3 Å². The Morgan fingerprint density at radius 2 is 1.24 bits per heavy atom. The van der Waals surface area contributed by atoms with Crippen molar-refractivity contribution in [1.29, 1.82) is 0 Å². The molecule has 1 aliphatic carbocycles. The van der Waals surface area contributed by atoms with Crippen LogP contribution in [-0.2, 0) is 21.7 Å². The molecule has 2 aliphatic rings. The fourth-order valence-electron chi connectivity index (χ4n) is 11.8. The molecule has 4 heterocycles. The summed E-state index contributed by atoms with van der Waals surface area (Å²) < 4.78 is 12.2. The van der Waals surface area contributed by atoms with Crippen LogP contribution in [0, 0.1) is 0 Å². The predicted octanol–water partition coefficient (Wildman–Crippen LogP) is 16.6.